The summed E-state index contributed by atoms with van der Waals surface area (Å²) in [6.45, 7) is 3.96. The molecule has 1 N–H and O–H groups in total. The minimum Gasteiger partial charge on any atom is -0.345 e. The van der Waals surface area contributed by atoms with Gasteiger partial charge in [-0.2, -0.15) is 0 Å². The molecule has 1 atom stereocenters. The minimum absolute atomic E-state index is 0.103. The Labute approximate surface area is 84.2 Å². The Kier molecular flexibility index (Phi) is 4.36. The average molecular weight is 199 g/mol. The molecule has 0 fully saturated rings. The van der Waals surface area contributed by atoms with Crippen LogP contribution in [0.5, 0.6) is 0 Å². The third-order valence-electron chi connectivity index (χ3n) is 1.88. The second kappa shape index (κ2) is 5.32. The zero-order chi connectivity index (χ0) is 9.68. The fourth-order valence-electron chi connectivity index (χ4n) is 1.29. The van der Waals surface area contributed by atoms with Crippen molar-refractivity contribution in [2.75, 3.05) is 0 Å². The normalized spacial score (nSPS) is 21.9. The van der Waals surface area contributed by atoms with Crippen molar-refractivity contribution in [3.05, 3.63) is 12.2 Å². The van der Waals surface area contributed by atoms with Crippen molar-refractivity contribution in [3.63, 3.8) is 0 Å². The van der Waals surface area contributed by atoms with Gasteiger partial charge in [0.1, 0.15) is 0 Å². The molecule has 3 heteroatoms. The number of nitrogens with one attached hydrogen (secondary N) is 1. The second-order valence-electron chi connectivity index (χ2n) is 3.60. The van der Waals surface area contributed by atoms with E-state index >= 15 is 0 Å². The predicted octanol–water partition coefficient (Wildman–Crippen LogP) is 2.95. The number of allylic oxidation sites excluding steroid dienone is 1. The molecule has 1 amide bonds. The van der Waals surface area contributed by atoms with Gasteiger partial charge >= 0.3 is 0 Å². The lowest BCUT2D eigenvalue weighted by Gasteiger charge is -2.15. The highest BCUT2D eigenvalue weighted by Crippen LogP contribution is 2.23. The topological polar surface area (TPSA) is 29.1 Å². The first-order valence-electron chi connectivity index (χ1n) is 4.82. The summed E-state index contributed by atoms with van der Waals surface area (Å²) in [5.41, 5.74) is 0. The highest BCUT2D eigenvalue weighted by Gasteiger charge is 2.13. The monoisotopic (exact) mass is 199 g/mol. The summed E-state index contributed by atoms with van der Waals surface area (Å²) in [6.07, 6.45) is 7.83. The van der Waals surface area contributed by atoms with E-state index in [1.54, 1.807) is 0 Å². The van der Waals surface area contributed by atoms with E-state index in [0.29, 0.717) is 5.25 Å². The molecule has 74 valence electrons. The van der Waals surface area contributed by atoms with Crippen LogP contribution in [0.4, 0.5) is 4.79 Å². The summed E-state index contributed by atoms with van der Waals surface area (Å²) in [5, 5.41) is 3.38. The van der Waals surface area contributed by atoms with Crippen LogP contribution in [0, 0.1) is 0 Å². The molecular formula is C10H17NOS. The van der Waals surface area contributed by atoms with Crippen LogP contribution in [0.1, 0.15) is 33.1 Å². The van der Waals surface area contributed by atoms with E-state index in [-0.39, 0.29) is 11.3 Å². The molecular weight excluding hydrogens is 182 g/mol. The first-order chi connectivity index (χ1) is 6.18. The van der Waals surface area contributed by atoms with E-state index < -0.39 is 0 Å². The molecule has 1 aliphatic carbocycles. The van der Waals surface area contributed by atoms with Gasteiger partial charge in [-0.15, -0.1) is 0 Å². The van der Waals surface area contributed by atoms with Gasteiger partial charge in [0, 0.05) is 11.3 Å². The molecule has 0 saturated heterocycles. The number of hydrogen-bond acceptors (Lipinski definition) is 2. The van der Waals surface area contributed by atoms with E-state index in [0.717, 1.165) is 6.42 Å². The van der Waals surface area contributed by atoms with Gasteiger partial charge in [0.15, 0.2) is 0 Å². The summed E-state index contributed by atoms with van der Waals surface area (Å²) in [5.74, 6) is 0. The van der Waals surface area contributed by atoms with E-state index in [1.165, 1.54) is 24.6 Å². The summed E-state index contributed by atoms with van der Waals surface area (Å²) in [4.78, 5) is 11.3. The van der Waals surface area contributed by atoms with Crippen molar-refractivity contribution >= 4 is 17.0 Å². The van der Waals surface area contributed by atoms with Crippen molar-refractivity contribution in [1.82, 2.24) is 5.32 Å². The smallest absolute Gasteiger partial charge is 0.279 e. The molecule has 0 radical (unpaired) electrons. The Morgan fingerprint density at radius 2 is 2.38 bits per heavy atom. The van der Waals surface area contributed by atoms with Gasteiger partial charge in [0.05, 0.1) is 0 Å². The Morgan fingerprint density at radius 1 is 1.62 bits per heavy atom. The molecule has 2 nitrogen and oxygen atoms in total. The maximum Gasteiger partial charge on any atom is 0.279 e. The zero-order valence-electron chi connectivity index (χ0n) is 8.25. The average Bonchev–Trinajstić information content (AvgIpc) is 2.04. The molecule has 0 aliphatic heterocycles. The van der Waals surface area contributed by atoms with Crippen LogP contribution in [-0.2, 0) is 0 Å². The van der Waals surface area contributed by atoms with Crippen molar-refractivity contribution in [2.24, 2.45) is 0 Å². The van der Waals surface area contributed by atoms with E-state index in [4.69, 9.17) is 0 Å². The van der Waals surface area contributed by atoms with Crippen LogP contribution in [0.3, 0.4) is 0 Å². The number of carbonyl (C=O) groups is 1. The van der Waals surface area contributed by atoms with E-state index in [9.17, 15) is 4.79 Å². The highest BCUT2D eigenvalue weighted by atomic mass is 32.2. The maximum absolute atomic E-state index is 11.3. The summed E-state index contributed by atoms with van der Waals surface area (Å²) in [7, 11) is 0. The molecule has 0 aromatic rings. The van der Waals surface area contributed by atoms with Crippen LogP contribution >= 0.6 is 11.8 Å². The molecule has 0 spiro atoms. The molecule has 1 unspecified atom stereocenters. The zero-order valence-corrected chi connectivity index (χ0v) is 9.06. The van der Waals surface area contributed by atoms with Gasteiger partial charge in [-0.3, -0.25) is 4.79 Å². The lowest BCUT2D eigenvalue weighted by molar-refractivity contribution is 0.258. The molecule has 0 aromatic carbocycles. The standard InChI is InChI=1S/C10H17NOS/c1-8(2)11-10(12)13-9-6-4-3-5-7-9/h4,6,8-9H,3,5,7H2,1-2H3,(H,11,12). The minimum atomic E-state index is 0.103. The third-order valence-corrected chi connectivity index (χ3v) is 2.90. The Morgan fingerprint density at radius 3 is 2.92 bits per heavy atom. The lowest BCUT2D eigenvalue weighted by Crippen LogP contribution is -2.28. The Hall–Kier alpha value is -0.440. The largest absolute Gasteiger partial charge is 0.345 e. The van der Waals surface area contributed by atoms with Gasteiger partial charge in [-0.05, 0) is 33.1 Å². The van der Waals surface area contributed by atoms with Crippen LogP contribution in [0.25, 0.3) is 0 Å². The summed E-state index contributed by atoms with van der Waals surface area (Å²) < 4.78 is 0. The lowest BCUT2D eigenvalue weighted by atomic mass is 10.1. The predicted molar refractivity (Wildman–Crippen MR) is 58.0 cm³/mol. The highest BCUT2D eigenvalue weighted by molar-refractivity contribution is 8.14. The van der Waals surface area contributed by atoms with Gasteiger partial charge in [-0.1, -0.05) is 23.9 Å². The van der Waals surface area contributed by atoms with Crippen LogP contribution < -0.4 is 5.32 Å². The van der Waals surface area contributed by atoms with Crippen LogP contribution in [-0.4, -0.2) is 16.5 Å². The number of hydrogen-bond donors (Lipinski definition) is 1. The van der Waals surface area contributed by atoms with Crippen molar-refractivity contribution < 1.29 is 4.79 Å². The third kappa shape index (κ3) is 4.36. The molecule has 0 aromatic heterocycles. The van der Waals surface area contributed by atoms with Gasteiger partial charge in [0.25, 0.3) is 5.24 Å². The number of carbonyl (C=O) groups excluding carboxylic acids is 1. The fraction of sp³-hybridized carbons (Fsp3) is 0.700. The van der Waals surface area contributed by atoms with Gasteiger partial charge in [-0.25, -0.2) is 0 Å². The van der Waals surface area contributed by atoms with Crippen LogP contribution in [0.2, 0.25) is 0 Å². The van der Waals surface area contributed by atoms with Crippen molar-refractivity contribution in [3.8, 4) is 0 Å². The molecule has 0 bridgehead atoms. The van der Waals surface area contributed by atoms with E-state index in [1.807, 2.05) is 13.8 Å². The fourth-order valence-corrected chi connectivity index (χ4v) is 2.34. The molecule has 13 heavy (non-hydrogen) atoms. The summed E-state index contributed by atoms with van der Waals surface area (Å²) in [6, 6.07) is 0.243. The SMILES string of the molecule is CC(C)NC(=O)SC1C=CCCC1. The van der Waals surface area contributed by atoms with Gasteiger partial charge in [0.2, 0.25) is 0 Å². The quantitative estimate of drug-likeness (QED) is 0.693. The van der Waals surface area contributed by atoms with Crippen molar-refractivity contribution in [2.45, 2.75) is 44.4 Å². The second-order valence-corrected chi connectivity index (χ2v) is 4.81. The first kappa shape index (κ1) is 10.6. The maximum atomic E-state index is 11.3. The number of thioether (sulfide) groups is 1. The van der Waals surface area contributed by atoms with Gasteiger partial charge < -0.3 is 5.32 Å². The van der Waals surface area contributed by atoms with Crippen LogP contribution in [0.15, 0.2) is 12.2 Å². The molecule has 1 aliphatic rings. The first-order valence-corrected chi connectivity index (χ1v) is 5.70. The Balaban J connectivity index is 2.26. The molecule has 0 saturated carbocycles. The number of amides is 1. The molecule has 0 heterocycles. The van der Waals surface area contributed by atoms with E-state index in [2.05, 4.69) is 17.5 Å². The molecule has 1 rings (SSSR count). The van der Waals surface area contributed by atoms with Crippen molar-refractivity contribution in [1.29, 1.82) is 0 Å². The Bertz CT molecular complexity index is 201. The summed E-state index contributed by atoms with van der Waals surface area (Å²) >= 11 is 1.41. The number of rotatable bonds is 2.